The van der Waals surface area contributed by atoms with E-state index in [1.165, 1.54) is 70.6 Å². The molecular formula is C48H83O13P. The summed E-state index contributed by atoms with van der Waals surface area (Å²) in [4.78, 5) is 35.7. The highest BCUT2D eigenvalue weighted by Gasteiger charge is 2.51. The van der Waals surface area contributed by atoms with Gasteiger partial charge in [0.05, 0.1) is 6.61 Å². The highest BCUT2D eigenvalue weighted by atomic mass is 31.2. The van der Waals surface area contributed by atoms with Crippen molar-refractivity contribution < 1.29 is 63.1 Å². The highest BCUT2D eigenvalue weighted by Crippen LogP contribution is 2.47. The van der Waals surface area contributed by atoms with Crippen molar-refractivity contribution in [1.82, 2.24) is 0 Å². The van der Waals surface area contributed by atoms with Crippen molar-refractivity contribution in [3.63, 3.8) is 0 Å². The van der Waals surface area contributed by atoms with Gasteiger partial charge in [0.2, 0.25) is 0 Å². The van der Waals surface area contributed by atoms with E-state index in [1.807, 2.05) is 12.2 Å². The van der Waals surface area contributed by atoms with E-state index in [2.05, 4.69) is 62.5 Å². The largest absolute Gasteiger partial charge is 0.472 e. The number of phosphoric ester groups is 1. The van der Waals surface area contributed by atoms with Crippen molar-refractivity contribution in [1.29, 1.82) is 0 Å². The van der Waals surface area contributed by atoms with Crippen LogP contribution in [0.1, 0.15) is 174 Å². The van der Waals surface area contributed by atoms with Crippen LogP contribution in [0.5, 0.6) is 0 Å². The Bertz CT molecular complexity index is 1320. The minimum absolute atomic E-state index is 0.0853. The molecular weight excluding hydrogens is 815 g/mol. The SMILES string of the molecule is CC/C=C/C/C=C/C/C=C/C/C=C/C/C=C/CCCC(=O)OC[C@@H](COP(=O)(O)OC1C(O)C(O)C(O)[C@H](O)C1O)OC(=O)CCCCCCCCCCCCCCCCCC. The van der Waals surface area contributed by atoms with Crippen LogP contribution >= 0.6 is 7.82 Å². The van der Waals surface area contributed by atoms with Crippen LogP contribution in [0.3, 0.4) is 0 Å². The third kappa shape index (κ3) is 29.8. The molecule has 0 aromatic heterocycles. The van der Waals surface area contributed by atoms with Crippen molar-refractivity contribution in [2.24, 2.45) is 0 Å². The van der Waals surface area contributed by atoms with Crippen molar-refractivity contribution >= 4 is 19.8 Å². The lowest BCUT2D eigenvalue weighted by Crippen LogP contribution is -2.64. The molecule has 0 aromatic rings. The summed E-state index contributed by atoms with van der Waals surface area (Å²) in [5.41, 5.74) is 0. The monoisotopic (exact) mass is 899 g/mol. The minimum Gasteiger partial charge on any atom is -0.462 e. The molecule has 1 saturated carbocycles. The molecule has 0 aliphatic heterocycles. The first-order valence-corrected chi connectivity index (χ1v) is 25.1. The quantitative estimate of drug-likeness (QED) is 0.0148. The van der Waals surface area contributed by atoms with Gasteiger partial charge >= 0.3 is 19.8 Å². The summed E-state index contributed by atoms with van der Waals surface area (Å²) in [6.45, 7) is 3.14. The fourth-order valence-corrected chi connectivity index (χ4v) is 7.82. The Morgan fingerprint density at radius 3 is 1.39 bits per heavy atom. The van der Waals surface area contributed by atoms with E-state index in [9.17, 15) is 44.6 Å². The molecule has 62 heavy (non-hydrogen) atoms. The molecule has 6 N–H and O–H groups in total. The molecule has 0 spiro atoms. The van der Waals surface area contributed by atoms with E-state index in [-0.39, 0.29) is 12.8 Å². The highest BCUT2D eigenvalue weighted by molar-refractivity contribution is 7.47. The van der Waals surface area contributed by atoms with Crippen LogP contribution in [0.4, 0.5) is 0 Å². The van der Waals surface area contributed by atoms with Gasteiger partial charge in [0.15, 0.2) is 6.10 Å². The Balaban J connectivity index is 2.49. The first-order valence-electron chi connectivity index (χ1n) is 23.6. The van der Waals surface area contributed by atoms with Gasteiger partial charge in [0.1, 0.15) is 43.2 Å². The number of aliphatic hydroxyl groups excluding tert-OH is 5. The van der Waals surface area contributed by atoms with Crippen LogP contribution in [0.2, 0.25) is 0 Å². The summed E-state index contributed by atoms with van der Waals surface area (Å²) in [6.07, 6.45) is 32.8. The summed E-state index contributed by atoms with van der Waals surface area (Å²) >= 11 is 0. The van der Waals surface area contributed by atoms with Gasteiger partial charge in [-0.05, 0) is 51.4 Å². The predicted octanol–water partition coefficient (Wildman–Crippen LogP) is 9.34. The number of carbonyl (C=O) groups excluding carboxylic acids is 2. The zero-order valence-corrected chi connectivity index (χ0v) is 38.8. The molecule has 13 nitrogen and oxygen atoms in total. The normalized spacial score (nSPS) is 22.4. The molecule has 14 heteroatoms. The Labute approximate surface area is 373 Å². The number of ether oxygens (including phenoxy) is 2. The topological polar surface area (TPSA) is 210 Å². The fraction of sp³-hybridized carbons (Fsp3) is 0.750. The third-order valence-electron chi connectivity index (χ3n) is 10.6. The van der Waals surface area contributed by atoms with Crippen LogP contribution in [0.15, 0.2) is 60.8 Å². The van der Waals surface area contributed by atoms with Crippen LogP contribution in [0.25, 0.3) is 0 Å². The molecule has 0 aromatic carbocycles. The van der Waals surface area contributed by atoms with Gasteiger partial charge in [-0.25, -0.2) is 4.57 Å². The maximum absolute atomic E-state index is 12.8. The third-order valence-corrected chi connectivity index (χ3v) is 11.6. The van der Waals surface area contributed by atoms with E-state index in [0.29, 0.717) is 19.3 Å². The summed E-state index contributed by atoms with van der Waals surface area (Å²) in [5.74, 6) is -1.17. The maximum atomic E-state index is 12.8. The van der Waals surface area contributed by atoms with Gasteiger partial charge < -0.3 is 39.9 Å². The zero-order chi connectivity index (χ0) is 45.7. The lowest BCUT2D eigenvalue weighted by molar-refractivity contribution is -0.220. The fourth-order valence-electron chi connectivity index (χ4n) is 6.85. The number of esters is 2. The zero-order valence-electron chi connectivity index (χ0n) is 37.9. The Hall–Kier alpha value is -2.45. The maximum Gasteiger partial charge on any atom is 0.472 e. The van der Waals surface area contributed by atoms with Crippen LogP contribution in [0, 0.1) is 0 Å². The van der Waals surface area contributed by atoms with Gasteiger partial charge in [-0.3, -0.25) is 18.6 Å². The average Bonchev–Trinajstić information content (AvgIpc) is 3.25. The number of allylic oxidation sites excluding steroid dienone is 10. The number of hydrogen-bond donors (Lipinski definition) is 6. The summed E-state index contributed by atoms with van der Waals surface area (Å²) in [6, 6.07) is 0. The standard InChI is InChI=1S/C48H83O13P/c1-3-5-7-9-11-13-15-17-19-21-23-24-26-28-30-32-34-36-41(49)58-38-40(39-59-62(56,57)61-48-46(54)44(52)43(51)45(53)47(48)55)60-42(50)37-35-33-31-29-27-25-22-20-18-16-14-12-10-8-6-4-2/h5,7,11,13,17,19,23-24,28,30,40,43-48,51-55H,3-4,6,8-10,12,14-16,18,20-22,25-27,29,31-39H2,1-2H3,(H,56,57)/b7-5+,13-11+,19-17+,24-23+,30-28+/t40-,43?,44-,45?,46?,47?,48?/m0/s1. The molecule has 1 fully saturated rings. The van der Waals surface area contributed by atoms with Crippen molar-refractivity contribution in [2.75, 3.05) is 13.2 Å². The second-order valence-corrected chi connectivity index (χ2v) is 17.6. The Kier molecular flexibility index (Phi) is 35.2. The second-order valence-electron chi connectivity index (χ2n) is 16.2. The van der Waals surface area contributed by atoms with Gasteiger partial charge in [-0.2, -0.15) is 0 Å². The van der Waals surface area contributed by atoms with Gasteiger partial charge in [0, 0.05) is 12.8 Å². The molecule has 0 radical (unpaired) electrons. The van der Waals surface area contributed by atoms with E-state index < -0.39 is 75.7 Å². The Morgan fingerprint density at radius 2 is 0.919 bits per heavy atom. The van der Waals surface area contributed by atoms with Crippen molar-refractivity contribution in [3.05, 3.63) is 60.8 Å². The molecule has 1 aliphatic rings. The Morgan fingerprint density at radius 1 is 0.516 bits per heavy atom. The van der Waals surface area contributed by atoms with Gasteiger partial charge in [0.25, 0.3) is 0 Å². The van der Waals surface area contributed by atoms with Crippen LogP contribution in [-0.4, -0.2) is 98.3 Å². The lowest BCUT2D eigenvalue weighted by Gasteiger charge is -2.41. The molecule has 358 valence electrons. The number of phosphoric acid groups is 1. The van der Waals surface area contributed by atoms with E-state index in [1.54, 1.807) is 0 Å². The van der Waals surface area contributed by atoms with Gasteiger partial charge in [-0.1, -0.05) is 171 Å². The molecule has 0 heterocycles. The van der Waals surface area contributed by atoms with Crippen LogP contribution in [-0.2, 0) is 32.7 Å². The predicted molar refractivity (Wildman–Crippen MR) is 244 cm³/mol. The van der Waals surface area contributed by atoms with E-state index in [0.717, 1.165) is 57.8 Å². The lowest BCUT2D eigenvalue weighted by atomic mass is 9.85. The molecule has 8 atom stereocenters. The van der Waals surface area contributed by atoms with E-state index in [4.69, 9.17) is 18.5 Å². The molecule has 1 aliphatic carbocycles. The first kappa shape index (κ1) is 57.6. The van der Waals surface area contributed by atoms with Crippen molar-refractivity contribution in [3.8, 4) is 0 Å². The molecule has 1 rings (SSSR count). The van der Waals surface area contributed by atoms with Crippen molar-refractivity contribution in [2.45, 2.75) is 217 Å². The van der Waals surface area contributed by atoms with Gasteiger partial charge in [-0.15, -0.1) is 0 Å². The van der Waals surface area contributed by atoms with Crippen LogP contribution < -0.4 is 0 Å². The molecule has 0 bridgehead atoms. The summed E-state index contributed by atoms with van der Waals surface area (Å²) < 4.78 is 33.5. The molecule has 0 saturated heterocycles. The summed E-state index contributed by atoms with van der Waals surface area (Å²) in [7, 11) is -5.13. The number of unbranched alkanes of at least 4 members (excludes halogenated alkanes) is 16. The second kappa shape index (κ2) is 37.9. The smallest absolute Gasteiger partial charge is 0.462 e. The number of rotatable bonds is 38. The number of aliphatic hydroxyl groups is 5. The molecule has 6 unspecified atom stereocenters. The van der Waals surface area contributed by atoms with E-state index >= 15 is 0 Å². The molecule has 0 amide bonds. The number of carbonyl (C=O) groups is 2. The first-order chi connectivity index (χ1) is 29.9. The summed E-state index contributed by atoms with van der Waals surface area (Å²) in [5, 5.41) is 50.2. The average molecular weight is 899 g/mol. The number of hydrogen-bond acceptors (Lipinski definition) is 12. The minimum atomic E-state index is -5.13.